The molecule has 76 valence electrons. The molecule has 0 spiro atoms. The van der Waals surface area contributed by atoms with Crippen molar-refractivity contribution in [2.45, 2.75) is 26.7 Å². The van der Waals surface area contributed by atoms with E-state index in [1.54, 1.807) is 7.05 Å². The number of amides is 1. The fraction of sp³-hybridized carbons (Fsp3) is 0.778. The van der Waals surface area contributed by atoms with Crippen molar-refractivity contribution < 1.29 is 14.4 Å². The summed E-state index contributed by atoms with van der Waals surface area (Å²) in [6.45, 7) is 3.41. The Labute approximate surface area is 78.8 Å². The van der Waals surface area contributed by atoms with Gasteiger partial charge in [0.05, 0.1) is 7.11 Å². The van der Waals surface area contributed by atoms with E-state index in [1.165, 1.54) is 19.1 Å². The second-order valence-electron chi connectivity index (χ2n) is 3.29. The minimum atomic E-state index is -0.101. The molecule has 0 radical (unpaired) electrons. The normalized spacial score (nSPS) is 12.3. The van der Waals surface area contributed by atoms with Gasteiger partial charge in [0.1, 0.15) is 5.78 Å². The highest BCUT2D eigenvalue weighted by atomic mass is 16.7. The molecule has 1 amide bonds. The number of Topliss-reactive ketones (excluding diaryl/α,β-unsaturated/α-hetero) is 1. The van der Waals surface area contributed by atoms with E-state index in [-0.39, 0.29) is 17.6 Å². The number of hydrogen-bond donors (Lipinski definition) is 0. The lowest BCUT2D eigenvalue weighted by Gasteiger charge is -2.15. The van der Waals surface area contributed by atoms with Crippen LogP contribution in [0, 0.1) is 5.92 Å². The first-order chi connectivity index (χ1) is 5.97. The molecule has 1 atom stereocenters. The van der Waals surface area contributed by atoms with Crippen molar-refractivity contribution in [3.8, 4) is 0 Å². The summed E-state index contributed by atoms with van der Waals surface area (Å²) in [6, 6.07) is 0. The van der Waals surface area contributed by atoms with Gasteiger partial charge in [-0.05, 0) is 12.8 Å². The Balaban J connectivity index is 3.84. The number of nitrogens with zero attached hydrogens (tertiary/aromatic N) is 1. The summed E-state index contributed by atoms with van der Waals surface area (Å²) in [5, 5.41) is 1.18. The summed E-state index contributed by atoms with van der Waals surface area (Å²) in [4.78, 5) is 26.7. The molecule has 13 heavy (non-hydrogen) atoms. The summed E-state index contributed by atoms with van der Waals surface area (Å²) in [6.07, 6.45) is 0.799. The maximum Gasteiger partial charge on any atom is 0.246 e. The third-order valence-corrected chi connectivity index (χ3v) is 1.78. The summed E-state index contributed by atoms with van der Waals surface area (Å²) in [5.41, 5.74) is 0. The predicted molar refractivity (Wildman–Crippen MR) is 48.9 cm³/mol. The van der Waals surface area contributed by atoms with Gasteiger partial charge in [-0.25, -0.2) is 5.06 Å². The maximum absolute atomic E-state index is 11.3. The van der Waals surface area contributed by atoms with E-state index in [1.807, 2.05) is 6.92 Å². The smallest absolute Gasteiger partial charge is 0.246 e. The second kappa shape index (κ2) is 5.70. The number of carbonyl (C=O) groups is 2. The van der Waals surface area contributed by atoms with E-state index in [9.17, 15) is 9.59 Å². The molecule has 0 aliphatic heterocycles. The van der Waals surface area contributed by atoms with Crippen molar-refractivity contribution in [2.75, 3.05) is 14.2 Å². The molecule has 4 nitrogen and oxygen atoms in total. The van der Waals surface area contributed by atoms with E-state index in [0.717, 1.165) is 0 Å². The number of ketones is 1. The van der Waals surface area contributed by atoms with Gasteiger partial charge in [0.25, 0.3) is 0 Å². The van der Waals surface area contributed by atoms with Gasteiger partial charge in [0.2, 0.25) is 5.91 Å². The first-order valence-corrected chi connectivity index (χ1v) is 4.27. The lowest BCUT2D eigenvalue weighted by molar-refractivity contribution is -0.169. The van der Waals surface area contributed by atoms with Gasteiger partial charge in [-0.1, -0.05) is 6.92 Å². The molecule has 0 aromatic carbocycles. The third-order valence-electron chi connectivity index (χ3n) is 1.78. The Morgan fingerprint density at radius 1 is 1.38 bits per heavy atom. The van der Waals surface area contributed by atoms with Gasteiger partial charge in [-0.3, -0.25) is 9.63 Å². The monoisotopic (exact) mass is 187 g/mol. The standard InChI is InChI=1S/C9H17NO3/c1-7(5-8(2)11)6-9(12)10(3)13-4/h7H,5-6H2,1-4H3. The van der Waals surface area contributed by atoms with Crippen LogP contribution in [0.3, 0.4) is 0 Å². The average molecular weight is 187 g/mol. The second-order valence-corrected chi connectivity index (χ2v) is 3.29. The fourth-order valence-corrected chi connectivity index (χ4v) is 1.09. The van der Waals surface area contributed by atoms with Gasteiger partial charge < -0.3 is 4.79 Å². The number of carbonyl (C=O) groups excluding carboxylic acids is 2. The quantitative estimate of drug-likeness (QED) is 0.603. The average Bonchev–Trinajstić information content (AvgIpc) is 2.01. The molecular formula is C9H17NO3. The lowest BCUT2D eigenvalue weighted by atomic mass is 10.0. The molecule has 0 aromatic heterocycles. The van der Waals surface area contributed by atoms with Crippen LogP contribution in [0.5, 0.6) is 0 Å². The predicted octanol–water partition coefficient (Wildman–Crippen LogP) is 1.01. The van der Waals surface area contributed by atoms with E-state index >= 15 is 0 Å². The minimum absolute atomic E-state index is 0.0857. The van der Waals surface area contributed by atoms with E-state index in [4.69, 9.17) is 4.84 Å². The van der Waals surface area contributed by atoms with Crippen LogP contribution < -0.4 is 0 Å². The topological polar surface area (TPSA) is 46.6 Å². The molecule has 0 bridgehead atoms. The van der Waals surface area contributed by atoms with Crippen LogP contribution in [0.25, 0.3) is 0 Å². The zero-order valence-electron chi connectivity index (χ0n) is 8.66. The van der Waals surface area contributed by atoms with Gasteiger partial charge >= 0.3 is 0 Å². The van der Waals surface area contributed by atoms with Crippen LogP contribution in [0.2, 0.25) is 0 Å². The molecule has 0 fully saturated rings. The number of hydrogen-bond acceptors (Lipinski definition) is 3. The van der Waals surface area contributed by atoms with Crippen molar-refractivity contribution in [3.63, 3.8) is 0 Å². The molecule has 1 unspecified atom stereocenters. The number of rotatable bonds is 5. The number of hydroxylamine groups is 2. The highest BCUT2D eigenvalue weighted by Crippen LogP contribution is 2.09. The molecule has 0 saturated heterocycles. The van der Waals surface area contributed by atoms with Crippen LogP contribution >= 0.6 is 0 Å². The summed E-state index contributed by atoms with van der Waals surface area (Å²) in [7, 11) is 3.00. The van der Waals surface area contributed by atoms with Crippen molar-refractivity contribution in [2.24, 2.45) is 5.92 Å². The Morgan fingerprint density at radius 2 is 1.92 bits per heavy atom. The van der Waals surface area contributed by atoms with Gasteiger partial charge in [0.15, 0.2) is 0 Å². The summed E-state index contributed by atoms with van der Waals surface area (Å²) < 4.78 is 0. The van der Waals surface area contributed by atoms with Gasteiger partial charge in [-0.15, -0.1) is 0 Å². The van der Waals surface area contributed by atoms with Crippen LogP contribution in [-0.4, -0.2) is 30.9 Å². The Bertz CT molecular complexity index is 191. The van der Waals surface area contributed by atoms with Gasteiger partial charge in [0, 0.05) is 19.9 Å². The zero-order valence-corrected chi connectivity index (χ0v) is 8.66. The molecule has 0 N–H and O–H groups in total. The van der Waals surface area contributed by atoms with Crippen LogP contribution in [-0.2, 0) is 14.4 Å². The molecule has 0 heterocycles. The van der Waals surface area contributed by atoms with Crippen molar-refractivity contribution >= 4 is 11.7 Å². The molecule has 0 aliphatic rings. The van der Waals surface area contributed by atoms with E-state index < -0.39 is 0 Å². The maximum atomic E-state index is 11.3. The molecule has 0 rings (SSSR count). The Morgan fingerprint density at radius 3 is 2.31 bits per heavy atom. The highest BCUT2D eigenvalue weighted by Gasteiger charge is 2.14. The highest BCUT2D eigenvalue weighted by molar-refractivity contribution is 5.78. The van der Waals surface area contributed by atoms with Crippen molar-refractivity contribution in [1.29, 1.82) is 0 Å². The third kappa shape index (κ3) is 5.36. The molecule has 0 aromatic rings. The lowest BCUT2D eigenvalue weighted by Crippen LogP contribution is -2.27. The Kier molecular flexibility index (Phi) is 5.30. The minimum Gasteiger partial charge on any atom is -0.300 e. The molecular weight excluding hydrogens is 170 g/mol. The summed E-state index contributed by atoms with van der Waals surface area (Å²) in [5.74, 6) is 0.0965. The summed E-state index contributed by atoms with van der Waals surface area (Å²) >= 11 is 0. The van der Waals surface area contributed by atoms with Crippen LogP contribution in [0.4, 0.5) is 0 Å². The first-order valence-electron chi connectivity index (χ1n) is 4.27. The van der Waals surface area contributed by atoms with Crippen LogP contribution in [0.1, 0.15) is 26.7 Å². The van der Waals surface area contributed by atoms with E-state index in [2.05, 4.69) is 0 Å². The molecule has 0 saturated carbocycles. The fourth-order valence-electron chi connectivity index (χ4n) is 1.09. The largest absolute Gasteiger partial charge is 0.300 e. The molecule has 0 aliphatic carbocycles. The SMILES string of the molecule is CON(C)C(=O)CC(C)CC(C)=O. The van der Waals surface area contributed by atoms with Crippen molar-refractivity contribution in [1.82, 2.24) is 5.06 Å². The Hall–Kier alpha value is -0.900. The van der Waals surface area contributed by atoms with Gasteiger partial charge in [-0.2, -0.15) is 0 Å². The van der Waals surface area contributed by atoms with E-state index in [0.29, 0.717) is 12.8 Å². The zero-order chi connectivity index (χ0) is 10.4. The molecule has 4 heteroatoms. The van der Waals surface area contributed by atoms with Crippen LogP contribution in [0.15, 0.2) is 0 Å². The first kappa shape index (κ1) is 12.1. The van der Waals surface area contributed by atoms with Crippen molar-refractivity contribution in [3.05, 3.63) is 0 Å².